The third kappa shape index (κ3) is 2.18. The minimum Gasteiger partial charge on any atom is -0.469 e. The Morgan fingerprint density at radius 3 is 3.00 bits per heavy atom. The first-order valence-electron chi connectivity index (χ1n) is 7.05. The third-order valence-corrected chi connectivity index (χ3v) is 4.08. The van der Waals surface area contributed by atoms with Crippen LogP contribution in [0, 0.1) is 11.3 Å². The van der Waals surface area contributed by atoms with Gasteiger partial charge >= 0.3 is 5.97 Å². The lowest BCUT2D eigenvalue weighted by molar-refractivity contribution is -0.145. The molecule has 0 radical (unpaired) electrons. The van der Waals surface area contributed by atoms with Crippen LogP contribution in [-0.4, -0.2) is 56.2 Å². The van der Waals surface area contributed by atoms with Gasteiger partial charge in [0.2, 0.25) is 5.60 Å². The number of nitriles is 1. The maximum atomic E-state index is 11.4. The molecule has 10 heteroatoms. The van der Waals surface area contributed by atoms with Crippen molar-refractivity contribution in [1.82, 2.24) is 14.6 Å². The van der Waals surface area contributed by atoms with Gasteiger partial charge in [0.25, 0.3) is 0 Å². The molecule has 0 unspecified atom stereocenters. The molecule has 0 amide bonds. The number of hydrogen-bond donors (Lipinski definition) is 3. The van der Waals surface area contributed by atoms with E-state index in [9.17, 15) is 20.3 Å². The van der Waals surface area contributed by atoms with Crippen LogP contribution in [0.15, 0.2) is 18.5 Å². The van der Waals surface area contributed by atoms with Crippen molar-refractivity contribution in [3.63, 3.8) is 0 Å². The van der Waals surface area contributed by atoms with Crippen LogP contribution in [-0.2, 0) is 19.9 Å². The van der Waals surface area contributed by atoms with Gasteiger partial charge in [-0.2, -0.15) is 10.4 Å². The maximum Gasteiger partial charge on any atom is 0.308 e. The van der Waals surface area contributed by atoms with Crippen LogP contribution in [0.2, 0.25) is 0 Å². The highest BCUT2D eigenvalue weighted by Gasteiger charge is 2.57. The fraction of sp³-hybridized carbons (Fsp3) is 0.429. The minimum absolute atomic E-state index is 0.174. The van der Waals surface area contributed by atoms with Crippen molar-refractivity contribution in [2.45, 2.75) is 30.3 Å². The molecule has 2 aromatic rings. The van der Waals surface area contributed by atoms with E-state index in [-0.39, 0.29) is 17.9 Å². The topological polar surface area (TPSA) is 156 Å². The molecule has 1 aliphatic heterocycles. The number of carbonyl (C=O) groups is 1. The Bertz CT molecular complexity index is 831. The van der Waals surface area contributed by atoms with Crippen molar-refractivity contribution in [3.05, 3.63) is 24.2 Å². The van der Waals surface area contributed by atoms with Crippen LogP contribution >= 0.6 is 0 Å². The Hall–Kier alpha value is -2.74. The zero-order chi connectivity index (χ0) is 17.5. The van der Waals surface area contributed by atoms with Gasteiger partial charge in [0.05, 0.1) is 25.3 Å². The molecule has 3 rings (SSSR count). The van der Waals surface area contributed by atoms with E-state index in [0.717, 1.165) is 0 Å². The number of anilines is 1. The van der Waals surface area contributed by atoms with E-state index in [1.807, 2.05) is 6.07 Å². The van der Waals surface area contributed by atoms with Crippen LogP contribution in [0.1, 0.15) is 12.1 Å². The number of esters is 1. The van der Waals surface area contributed by atoms with Gasteiger partial charge in [-0.05, 0) is 12.1 Å². The van der Waals surface area contributed by atoms with Crippen molar-refractivity contribution in [2.24, 2.45) is 0 Å². The molecule has 1 aliphatic rings. The summed E-state index contributed by atoms with van der Waals surface area (Å²) in [5.41, 5.74) is 4.44. The molecule has 4 atom stereocenters. The van der Waals surface area contributed by atoms with Crippen LogP contribution in [0.25, 0.3) is 5.52 Å². The van der Waals surface area contributed by atoms with E-state index in [1.165, 1.54) is 24.0 Å². The number of aliphatic hydroxyl groups excluding tert-OH is 2. The van der Waals surface area contributed by atoms with E-state index >= 15 is 0 Å². The molecule has 3 heterocycles. The van der Waals surface area contributed by atoms with Crippen LogP contribution in [0.4, 0.5) is 5.82 Å². The standard InChI is InChI=1S/C14H15N5O5/c1-23-10(20)4-8-11(21)12(22)14(5-15,24-8)9-3-2-7-13(16)17-6-18-19(7)9/h2-3,6,8,11-12,21-22H,4H2,1H3,(H2,16,17,18)/t8-,11-,12-,14+/m1/s1. The lowest BCUT2D eigenvalue weighted by atomic mass is 9.92. The van der Waals surface area contributed by atoms with Gasteiger partial charge in [-0.25, -0.2) is 9.50 Å². The van der Waals surface area contributed by atoms with Crippen molar-refractivity contribution in [1.29, 1.82) is 5.26 Å². The van der Waals surface area contributed by atoms with E-state index in [0.29, 0.717) is 5.52 Å². The summed E-state index contributed by atoms with van der Waals surface area (Å²) in [6.07, 6.45) is -3.25. The molecular formula is C14H15N5O5. The Labute approximate surface area is 136 Å². The number of ether oxygens (including phenoxy) is 2. The van der Waals surface area contributed by atoms with Gasteiger partial charge in [-0.3, -0.25) is 4.79 Å². The number of rotatable bonds is 3. The average Bonchev–Trinajstić information content (AvgIpc) is 3.11. The average molecular weight is 333 g/mol. The second-order valence-electron chi connectivity index (χ2n) is 5.38. The predicted octanol–water partition coefficient (Wildman–Crippen LogP) is -1.29. The minimum atomic E-state index is -1.91. The molecule has 1 fully saturated rings. The number of nitrogens with two attached hydrogens (primary N) is 1. The Morgan fingerprint density at radius 2 is 2.33 bits per heavy atom. The largest absolute Gasteiger partial charge is 0.469 e. The van der Waals surface area contributed by atoms with Gasteiger partial charge in [0, 0.05) is 0 Å². The molecular weight excluding hydrogens is 318 g/mol. The Morgan fingerprint density at radius 1 is 1.58 bits per heavy atom. The molecule has 0 aliphatic carbocycles. The lowest BCUT2D eigenvalue weighted by Crippen LogP contribution is -2.40. The van der Waals surface area contributed by atoms with Gasteiger partial charge in [0.15, 0.2) is 5.82 Å². The monoisotopic (exact) mass is 333 g/mol. The predicted molar refractivity (Wildman–Crippen MR) is 78.2 cm³/mol. The molecule has 1 saturated heterocycles. The third-order valence-electron chi connectivity index (χ3n) is 4.08. The first kappa shape index (κ1) is 16.1. The molecule has 2 aromatic heterocycles. The van der Waals surface area contributed by atoms with Crippen molar-refractivity contribution >= 4 is 17.3 Å². The van der Waals surface area contributed by atoms with Crippen molar-refractivity contribution in [2.75, 3.05) is 12.8 Å². The molecule has 126 valence electrons. The highest BCUT2D eigenvalue weighted by molar-refractivity contribution is 5.70. The van der Waals surface area contributed by atoms with E-state index in [2.05, 4.69) is 14.8 Å². The second-order valence-corrected chi connectivity index (χ2v) is 5.38. The Balaban J connectivity index is 2.07. The molecule has 10 nitrogen and oxygen atoms in total. The lowest BCUT2D eigenvalue weighted by Gasteiger charge is -2.24. The summed E-state index contributed by atoms with van der Waals surface area (Å²) in [5.74, 6) is -0.449. The number of aromatic nitrogens is 3. The van der Waals surface area contributed by atoms with Gasteiger partial charge in [-0.1, -0.05) is 0 Å². The number of carbonyl (C=O) groups excluding carboxylic acids is 1. The maximum absolute atomic E-state index is 11.4. The number of hydrogen-bond acceptors (Lipinski definition) is 9. The number of aliphatic hydroxyl groups is 2. The van der Waals surface area contributed by atoms with Crippen molar-refractivity contribution < 1.29 is 24.5 Å². The van der Waals surface area contributed by atoms with Gasteiger partial charge < -0.3 is 25.4 Å². The summed E-state index contributed by atoms with van der Waals surface area (Å²) < 4.78 is 11.4. The van der Waals surface area contributed by atoms with Gasteiger partial charge in [-0.15, -0.1) is 0 Å². The summed E-state index contributed by atoms with van der Waals surface area (Å²) in [7, 11) is 1.19. The number of nitrogens with zero attached hydrogens (tertiary/aromatic N) is 4. The van der Waals surface area contributed by atoms with E-state index in [1.54, 1.807) is 6.07 Å². The normalized spacial score (nSPS) is 29.5. The summed E-state index contributed by atoms with van der Waals surface area (Å²) in [4.78, 5) is 15.3. The number of methoxy groups -OCH3 is 1. The summed E-state index contributed by atoms with van der Waals surface area (Å²) in [6, 6.07) is 4.96. The van der Waals surface area contributed by atoms with Gasteiger partial charge in [0.1, 0.15) is 30.1 Å². The fourth-order valence-corrected chi connectivity index (χ4v) is 2.83. The zero-order valence-electron chi connectivity index (χ0n) is 12.7. The van der Waals surface area contributed by atoms with Crippen LogP contribution < -0.4 is 5.73 Å². The fourth-order valence-electron chi connectivity index (χ4n) is 2.83. The van der Waals surface area contributed by atoms with Crippen LogP contribution in [0.5, 0.6) is 0 Å². The first-order chi connectivity index (χ1) is 11.4. The Kier molecular flexibility index (Phi) is 3.84. The molecule has 4 N–H and O–H groups in total. The first-order valence-corrected chi connectivity index (χ1v) is 7.05. The molecule has 0 saturated carbocycles. The van der Waals surface area contributed by atoms with E-state index in [4.69, 9.17) is 10.5 Å². The second kappa shape index (κ2) is 5.72. The summed E-state index contributed by atoms with van der Waals surface area (Å²) in [5, 5.41) is 34.3. The zero-order valence-corrected chi connectivity index (χ0v) is 12.7. The number of nitrogen functional groups attached to an aromatic ring is 1. The SMILES string of the molecule is COC(=O)C[C@H]1O[C@@](C#N)(c2ccc3c(N)ncnn23)[C@H](O)[C@@H]1O. The quantitative estimate of drug-likeness (QED) is 0.582. The molecule has 0 spiro atoms. The number of fused-ring (bicyclic) bond motifs is 1. The summed E-state index contributed by atoms with van der Waals surface area (Å²) in [6.45, 7) is 0. The highest BCUT2D eigenvalue weighted by Crippen LogP contribution is 2.41. The van der Waals surface area contributed by atoms with Crippen LogP contribution in [0.3, 0.4) is 0 Å². The van der Waals surface area contributed by atoms with E-state index < -0.39 is 29.9 Å². The summed E-state index contributed by atoms with van der Waals surface area (Å²) >= 11 is 0. The molecule has 0 bridgehead atoms. The smallest absolute Gasteiger partial charge is 0.308 e. The molecule has 24 heavy (non-hydrogen) atoms. The highest BCUT2D eigenvalue weighted by atomic mass is 16.6. The van der Waals surface area contributed by atoms with Crippen molar-refractivity contribution in [3.8, 4) is 6.07 Å². The molecule has 0 aromatic carbocycles.